The summed E-state index contributed by atoms with van der Waals surface area (Å²) in [5, 5.41) is 8.55. The van der Waals surface area contributed by atoms with Gasteiger partial charge < -0.3 is 9.47 Å². The van der Waals surface area contributed by atoms with Gasteiger partial charge in [-0.15, -0.1) is 10.2 Å². The van der Waals surface area contributed by atoms with E-state index >= 15 is 0 Å². The van der Waals surface area contributed by atoms with Gasteiger partial charge >= 0.3 is 11.9 Å². The number of piperazine rings is 1. The first-order valence-corrected chi connectivity index (χ1v) is 14.2. The summed E-state index contributed by atoms with van der Waals surface area (Å²) in [6.07, 6.45) is 6.90. The first-order chi connectivity index (χ1) is 19.1. The number of alkyl halides is 3. The predicted octanol–water partition coefficient (Wildman–Crippen LogP) is 3.84. The van der Waals surface area contributed by atoms with Crippen LogP contribution in [0.1, 0.15) is 73.9 Å². The normalized spacial score (nSPS) is 24.0. The number of carbonyl (C=O) groups is 1. The van der Waals surface area contributed by atoms with Crippen molar-refractivity contribution >= 4 is 11.4 Å². The molecule has 9 nitrogen and oxygen atoms in total. The highest BCUT2D eigenvalue weighted by Crippen LogP contribution is 2.49. The lowest BCUT2D eigenvalue weighted by atomic mass is 9.66. The molecule has 1 amide bonds. The zero-order chi connectivity index (χ0) is 28.2. The fourth-order valence-corrected chi connectivity index (χ4v) is 7.02. The van der Waals surface area contributed by atoms with Crippen LogP contribution in [-0.2, 0) is 24.6 Å². The van der Waals surface area contributed by atoms with Gasteiger partial charge in [0.2, 0.25) is 5.91 Å². The third kappa shape index (κ3) is 4.95. The maximum Gasteiger partial charge on any atom is 0.418 e. The van der Waals surface area contributed by atoms with E-state index in [9.17, 15) is 22.8 Å². The van der Waals surface area contributed by atoms with E-state index in [0.29, 0.717) is 24.6 Å². The molecule has 2 saturated carbocycles. The number of rotatable bonds is 6. The van der Waals surface area contributed by atoms with Crippen molar-refractivity contribution in [3.05, 3.63) is 52.2 Å². The molecule has 3 aromatic rings. The number of likely N-dealkylation sites (N-methyl/N-ethyl adjacent to an activating group) is 1. The highest BCUT2D eigenvalue weighted by molar-refractivity contribution is 5.78. The van der Waals surface area contributed by atoms with Crippen LogP contribution in [-0.4, -0.2) is 66.1 Å². The second-order valence-corrected chi connectivity index (χ2v) is 12.0. The van der Waals surface area contributed by atoms with Crippen LogP contribution in [0.25, 0.3) is 5.52 Å². The Hall–Kier alpha value is -3.15. The minimum absolute atomic E-state index is 0.0694. The topological polar surface area (TPSA) is 80.7 Å². The fraction of sp³-hybridized carbons (Fsp3) is 0.643. The van der Waals surface area contributed by atoms with Gasteiger partial charge in [0.25, 0.3) is 0 Å². The second kappa shape index (κ2) is 10.4. The number of carbonyl (C=O) groups excluding carboxylic acids is 1. The van der Waals surface area contributed by atoms with Crippen molar-refractivity contribution in [2.24, 2.45) is 18.9 Å². The smallest absolute Gasteiger partial charge is 0.343 e. The molecule has 2 aliphatic carbocycles. The fourth-order valence-electron chi connectivity index (χ4n) is 7.02. The third-order valence-electron chi connectivity index (χ3n) is 9.39. The molecule has 0 spiro atoms. The van der Waals surface area contributed by atoms with Gasteiger partial charge in [0.1, 0.15) is 12.2 Å². The first kappa shape index (κ1) is 27.0. The molecule has 6 rings (SSSR count). The van der Waals surface area contributed by atoms with Crippen LogP contribution in [0.5, 0.6) is 0 Å². The van der Waals surface area contributed by atoms with Gasteiger partial charge in [0.05, 0.1) is 17.6 Å². The van der Waals surface area contributed by atoms with Crippen LogP contribution < -0.4 is 5.69 Å². The minimum atomic E-state index is -4.62. The Morgan fingerprint density at radius 3 is 2.42 bits per heavy atom. The third-order valence-corrected chi connectivity index (χ3v) is 9.39. The molecule has 12 heteroatoms. The number of imidazole rings is 1. The Labute approximate surface area is 230 Å². The number of pyridine rings is 1. The summed E-state index contributed by atoms with van der Waals surface area (Å²) in [5.74, 6) is 1.95. The van der Waals surface area contributed by atoms with E-state index in [4.69, 9.17) is 0 Å². The summed E-state index contributed by atoms with van der Waals surface area (Å²) in [7, 11) is 3.67. The van der Waals surface area contributed by atoms with Crippen molar-refractivity contribution in [2.45, 2.75) is 69.6 Å². The van der Waals surface area contributed by atoms with Crippen LogP contribution in [0.4, 0.5) is 13.2 Å². The highest BCUT2D eigenvalue weighted by atomic mass is 19.4. The number of fused-ring (bicyclic) bond motifs is 1. The van der Waals surface area contributed by atoms with E-state index in [-0.39, 0.29) is 42.4 Å². The van der Waals surface area contributed by atoms with Crippen molar-refractivity contribution in [2.75, 3.05) is 26.7 Å². The van der Waals surface area contributed by atoms with Crippen molar-refractivity contribution in [1.29, 1.82) is 0 Å². The lowest BCUT2D eigenvalue weighted by Gasteiger charge is -2.41. The minimum Gasteiger partial charge on any atom is -0.343 e. The summed E-state index contributed by atoms with van der Waals surface area (Å²) in [5.41, 5.74) is -1.02. The number of halogens is 3. The van der Waals surface area contributed by atoms with Crippen LogP contribution in [0.15, 0.2) is 29.6 Å². The van der Waals surface area contributed by atoms with Crippen molar-refractivity contribution in [3.63, 3.8) is 0 Å². The number of amides is 1. The van der Waals surface area contributed by atoms with Gasteiger partial charge in [-0.2, -0.15) is 13.2 Å². The van der Waals surface area contributed by atoms with Crippen LogP contribution in [0, 0.1) is 11.8 Å². The molecule has 2 unspecified atom stereocenters. The van der Waals surface area contributed by atoms with E-state index in [2.05, 4.69) is 10.2 Å². The van der Waals surface area contributed by atoms with Crippen LogP contribution in [0.3, 0.4) is 0 Å². The zero-order valence-corrected chi connectivity index (χ0v) is 23.0. The Morgan fingerprint density at radius 2 is 1.77 bits per heavy atom. The molecule has 0 aromatic carbocycles. The van der Waals surface area contributed by atoms with Gasteiger partial charge in [-0.05, 0) is 55.6 Å². The molecule has 40 heavy (non-hydrogen) atoms. The molecule has 1 aliphatic heterocycles. The number of hydrogen-bond donors (Lipinski definition) is 0. The highest BCUT2D eigenvalue weighted by Gasteiger charge is 2.40. The molecule has 1 saturated heterocycles. The van der Waals surface area contributed by atoms with Gasteiger partial charge in [-0.1, -0.05) is 12.8 Å². The number of aromatic nitrogens is 5. The van der Waals surface area contributed by atoms with Gasteiger partial charge in [0, 0.05) is 58.1 Å². The Morgan fingerprint density at radius 1 is 1.02 bits per heavy atom. The van der Waals surface area contributed by atoms with E-state index in [1.807, 2.05) is 16.5 Å². The number of hydrogen-bond acceptors (Lipinski definition) is 5. The van der Waals surface area contributed by atoms with Crippen LogP contribution in [0.2, 0.25) is 0 Å². The molecule has 3 aromatic heterocycles. The molecule has 3 fully saturated rings. The van der Waals surface area contributed by atoms with E-state index in [1.54, 1.807) is 18.3 Å². The summed E-state index contributed by atoms with van der Waals surface area (Å²) in [6.45, 7) is 1.39. The van der Waals surface area contributed by atoms with Gasteiger partial charge in [-0.25, -0.2) is 4.79 Å². The maximum atomic E-state index is 14.3. The lowest BCUT2D eigenvalue weighted by molar-refractivity contribution is -0.137. The van der Waals surface area contributed by atoms with E-state index < -0.39 is 17.4 Å². The van der Waals surface area contributed by atoms with E-state index in [0.717, 1.165) is 54.8 Å². The molecule has 4 heterocycles. The standard InChI is InChI=1S/C28H36F3N7O2/c1-34-9-10-36(16-24(34)39)13-18-11-22(28(29,30)31)23-15-37(27(40)38(23)14-18)21-8-4-7-20(12-21)25(19-5-3-6-19)26-33-32-17-35(26)2/h11,14-15,17,19-21,25H,3-10,12-13,16H2,1-2H3/t20?,21?,25-/m0/s1. The van der Waals surface area contributed by atoms with Crippen molar-refractivity contribution in [1.82, 2.24) is 33.5 Å². The van der Waals surface area contributed by atoms with Gasteiger partial charge in [0.15, 0.2) is 0 Å². The maximum absolute atomic E-state index is 14.3. The van der Waals surface area contributed by atoms with Crippen molar-refractivity contribution in [3.8, 4) is 0 Å². The quantitative estimate of drug-likeness (QED) is 0.459. The zero-order valence-electron chi connectivity index (χ0n) is 23.0. The number of aryl methyl sites for hydroxylation is 1. The molecular weight excluding hydrogens is 523 g/mol. The largest absolute Gasteiger partial charge is 0.418 e. The molecule has 0 N–H and O–H groups in total. The second-order valence-electron chi connectivity index (χ2n) is 12.0. The summed E-state index contributed by atoms with van der Waals surface area (Å²) in [4.78, 5) is 29.2. The first-order valence-electron chi connectivity index (χ1n) is 14.2. The van der Waals surface area contributed by atoms with Gasteiger partial charge in [-0.3, -0.25) is 18.7 Å². The summed E-state index contributed by atoms with van der Waals surface area (Å²) < 4.78 is 47.4. The Kier molecular flexibility index (Phi) is 7.00. The summed E-state index contributed by atoms with van der Waals surface area (Å²) >= 11 is 0. The van der Waals surface area contributed by atoms with E-state index in [1.165, 1.54) is 23.4 Å². The summed E-state index contributed by atoms with van der Waals surface area (Å²) in [6, 6.07) is 0.952. The molecule has 3 atom stereocenters. The average molecular weight is 560 g/mol. The molecule has 3 aliphatic rings. The van der Waals surface area contributed by atoms with Crippen molar-refractivity contribution < 1.29 is 18.0 Å². The monoisotopic (exact) mass is 559 g/mol. The average Bonchev–Trinajstić information content (AvgIpc) is 3.45. The Balaban J connectivity index is 1.32. The molecule has 0 radical (unpaired) electrons. The number of nitrogens with zero attached hydrogens (tertiary/aromatic N) is 7. The molecule has 216 valence electrons. The lowest BCUT2D eigenvalue weighted by Crippen LogP contribution is -2.48. The molecular formula is C28H36F3N7O2. The Bertz CT molecular complexity index is 1450. The predicted molar refractivity (Wildman–Crippen MR) is 142 cm³/mol. The van der Waals surface area contributed by atoms with Crippen LogP contribution >= 0.6 is 0 Å². The molecule has 0 bridgehead atoms. The SMILES string of the molecule is CN1CCN(Cc2cc(C(F)(F)F)c3cn(C4CCCC([C@@H](c5nncn5C)C5CCC5)C4)c(=O)n3c2)CC1=O.